The summed E-state index contributed by atoms with van der Waals surface area (Å²) in [6.07, 6.45) is 1.58. The molecule has 0 aromatic carbocycles. The highest BCUT2D eigenvalue weighted by Crippen LogP contribution is 2.19. The minimum atomic E-state index is -0.224. The number of halogens is 1. The Hall–Kier alpha value is -1.13. The molecule has 0 radical (unpaired) electrons. The number of anilines is 1. The van der Waals surface area contributed by atoms with Crippen molar-refractivity contribution < 1.29 is 4.79 Å². The number of hydrogen-bond acceptors (Lipinski definition) is 3. The van der Waals surface area contributed by atoms with Gasteiger partial charge in [-0.15, -0.1) is 0 Å². The fourth-order valence-corrected chi connectivity index (χ4v) is 1.54. The molecule has 1 aromatic heterocycles. The van der Waals surface area contributed by atoms with Crippen LogP contribution in [-0.4, -0.2) is 17.4 Å². The molecule has 5 heteroatoms. The monoisotopic (exact) mass is 241 g/mol. The van der Waals surface area contributed by atoms with Crippen LogP contribution in [-0.2, 0) is 4.79 Å². The Balaban J connectivity index is 2.74. The molecule has 0 fully saturated rings. The number of carbonyl (C=O) groups excluding carboxylic acids is 1. The first-order chi connectivity index (χ1) is 7.56. The van der Waals surface area contributed by atoms with Crippen LogP contribution in [0.15, 0.2) is 18.3 Å². The lowest BCUT2D eigenvalue weighted by Gasteiger charge is -2.18. The summed E-state index contributed by atoms with van der Waals surface area (Å²) in [7, 11) is 0. The van der Waals surface area contributed by atoms with E-state index >= 15 is 0 Å². The normalized spacial score (nSPS) is 12.6. The van der Waals surface area contributed by atoms with Crippen molar-refractivity contribution in [1.82, 2.24) is 4.98 Å². The zero-order chi connectivity index (χ0) is 12.1. The number of aromatic nitrogens is 1. The van der Waals surface area contributed by atoms with E-state index in [9.17, 15) is 4.79 Å². The maximum Gasteiger partial charge on any atom is 0.230 e. The van der Waals surface area contributed by atoms with Crippen molar-refractivity contribution in [3.63, 3.8) is 0 Å². The lowest BCUT2D eigenvalue weighted by atomic mass is 9.95. The Labute approximate surface area is 100 Å². The summed E-state index contributed by atoms with van der Waals surface area (Å²) in [6.45, 7) is 4.22. The van der Waals surface area contributed by atoms with Crippen LogP contribution in [0.25, 0.3) is 0 Å². The molecule has 0 saturated carbocycles. The summed E-state index contributed by atoms with van der Waals surface area (Å²) in [5.41, 5.74) is 5.55. The third kappa shape index (κ3) is 3.18. The second kappa shape index (κ2) is 5.82. The van der Waals surface area contributed by atoms with Gasteiger partial charge in [0.1, 0.15) is 0 Å². The Bertz CT molecular complexity index is 368. The molecule has 4 nitrogen and oxygen atoms in total. The summed E-state index contributed by atoms with van der Waals surface area (Å²) in [6, 6.07) is 3.39. The standard InChI is InChI=1S/C11H16ClN3O/c1-7(2)8(6-13)11(16)15-10-9(12)4-3-5-14-10/h3-5,7-8H,6,13H2,1-2H3,(H,14,15,16). The van der Waals surface area contributed by atoms with Crippen LogP contribution in [0, 0.1) is 11.8 Å². The first-order valence-corrected chi connectivity index (χ1v) is 5.55. The van der Waals surface area contributed by atoms with E-state index in [4.69, 9.17) is 17.3 Å². The second-order valence-corrected chi connectivity index (χ2v) is 4.32. The maximum atomic E-state index is 11.8. The molecule has 1 heterocycles. The lowest BCUT2D eigenvalue weighted by Crippen LogP contribution is -2.33. The first-order valence-electron chi connectivity index (χ1n) is 5.17. The van der Waals surface area contributed by atoms with Crippen molar-refractivity contribution in [3.05, 3.63) is 23.4 Å². The van der Waals surface area contributed by atoms with Crippen molar-refractivity contribution in [1.29, 1.82) is 0 Å². The van der Waals surface area contributed by atoms with Crippen molar-refractivity contribution in [2.75, 3.05) is 11.9 Å². The van der Waals surface area contributed by atoms with Gasteiger partial charge in [0, 0.05) is 12.7 Å². The van der Waals surface area contributed by atoms with Crippen molar-refractivity contribution >= 4 is 23.3 Å². The van der Waals surface area contributed by atoms with E-state index in [0.29, 0.717) is 17.4 Å². The molecular weight excluding hydrogens is 226 g/mol. The number of rotatable bonds is 4. The largest absolute Gasteiger partial charge is 0.330 e. The van der Waals surface area contributed by atoms with Gasteiger partial charge in [0.15, 0.2) is 5.82 Å². The first kappa shape index (κ1) is 12.9. The van der Waals surface area contributed by atoms with Gasteiger partial charge in [0.05, 0.1) is 10.9 Å². The van der Waals surface area contributed by atoms with E-state index in [1.54, 1.807) is 18.3 Å². The molecule has 1 amide bonds. The van der Waals surface area contributed by atoms with Crippen molar-refractivity contribution in [2.24, 2.45) is 17.6 Å². The van der Waals surface area contributed by atoms with E-state index in [2.05, 4.69) is 10.3 Å². The van der Waals surface area contributed by atoms with Gasteiger partial charge in [-0.3, -0.25) is 4.79 Å². The Morgan fingerprint density at radius 1 is 1.62 bits per heavy atom. The molecule has 0 aliphatic rings. The average Bonchev–Trinajstić information content (AvgIpc) is 2.22. The molecule has 0 spiro atoms. The summed E-state index contributed by atoms with van der Waals surface area (Å²) in [5.74, 6) is 0.205. The van der Waals surface area contributed by atoms with Crippen LogP contribution in [0.5, 0.6) is 0 Å². The van der Waals surface area contributed by atoms with Crippen LogP contribution < -0.4 is 11.1 Å². The number of hydrogen-bond donors (Lipinski definition) is 2. The van der Waals surface area contributed by atoms with E-state index in [1.807, 2.05) is 13.8 Å². The van der Waals surface area contributed by atoms with Gasteiger partial charge in [-0.25, -0.2) is 4.98 Å². The summed E-state index contributed by atoms with van der Waals surface area (Å²) in [5, 5.41) is 3.11. The van der Waals surface area contributed by atoms with Gasteiger partial charge < -0.3 is 11.1 Å². The third-order valence-electron chi connectivity index (χ3n) is 2.40. The Kier molecular flexibility index (Phi) is 4.71. The van der Waals surface area contributed by atoms with E-state index in [1.165, 1.54) is 0 Å². The molecule has 3 N–H and O–H groups in total. The number of carbonyl (C=O) groups is 1. The minimum absolute atomic E-state index is 0.141. The predicted molar refractivity (Wildman–Crippen MR) is 65.3 cm³/mol. The molecule has 88 valence electrons. The molecule has 0 bridgehead atoms. The molecule has 1 atom stereocenters. The van der Waals surface area contributed by atoms with Crippen LogP contribution in [0.1, 0.15) is 13.8 Å². The van der Waals surface area contributed by atoms with Crippen LogP contribution in [0.3, 0.4) is 0 Å². The summed E-state index contributed by atoms with van der Waals surface area (Å²) < 4.78 is 0. The highest BCUT2D eigenvalue weighted by atomic mass is 35.5. The molecule has 0 aliphatic heterocycles. The van der Waals surface area contributed by atoms with Gasteiger partial charge in [0.25, 0.3) is 0 Å². The van der Waals surface area contributed by atoms with Crippen LogP contribution in [0.4, 0.5) is 5.82 Å². The third-order valence-corrected chi connectivity index (χ3v) is 2.70. The molecular formula is C11H16ClN3O. The van der Waals surface area contributed by atoms with Crippen molar-refractivity contribution in [3.8, 4) is 0 Å². The Morgan fingerprint density at radius 2 is 2.31 bits per heavy atom. The van der Waals surface area contributed by atoms with Crippen LogP contribution in [0.2, 0.25) is 5.02 Å². The number of nitrogens with two attached hydrogens (primary N) is 1. The van der Waals surface area contributed by atoms with E-state index < -0.39 is 0 Å². The zero-order valence-electron chi connectivity index (χ0n) is 9.40. The summed E-state index contributed by atoms with van der Waals surface area (Å²) in [4.78, 5) is 15.8. The lowest BCUT2D eigenvalue weighted by molar-refractivity contribution is -0.120. The maximum absolute atomic E-state index is 11.8. The van der Waals surface area contributed by atoms with Gasteiger partial charge in [-0.05, 0) is 18.1 Å². The summed E-state index contributed by atoms with van der Waals surface area (Å²) >= 11 is 5.89. The highest BCUT2D eigenvalue weighted by molar-refractivity contribution is 6.33. The number of nitrogens with one attached hydrogen (secondary N) is 1. The fraction of sp³-hybridized carbons (Fsp3) is 0.455. The molecule has 0 aliphatic carbocycles. The predicted octanol–water partition coefficient (Wildman–Crippen LogP) is 1.90. The fourth-order valence-electron chi connectivity index (χ4n) is 1.37. The smallest absolute Gasteiger partial charge is 0.230 e. The van der Waals surface area contributed by atoms with Gasteiger partial charge in [0.2, 0.25) is 5.91 Å². The van der Waals surface area contributed by atoms with Gasteiger partial charge in [-0.2, -0.15) is 0 Å². The molecule has 16 heavy (non-hydrogen) atoms. The highest BCUT2D eigenvalue weighted by Gasteiger charge is 2.21. The van der Waals surface area contributed by atoms with E-state index in [0.717, 1.165) is 0 Å². The molecule has 1 unspecified atom stereocenters. The number of nitrogens with zero attached hydrogens (tertiary/aromatic N) is 1. The number of amides is 1. The SMILES string of the molecule is CC(C)C(CN)C(=O)Nc1ncccc1Cl. The quantitative estimate of drug-likeness (QED) is 0.846. The molecule has 1 aromatic rings. The topological polar surface area (TPSA) is 68.0 Å². The van der Waals surface area contributed by atoms with Gasteiger partial charge >= 0.3 is 0 Å². The van der Waals surface area contributed by atoms with Crippen molar-refractivity contribution in [2.45, 2.75) is 13.8 Å². The number of pyridine rings is 1. The van der Waals surface area contributed by atoms with Gasteiger partial charge in [-0.1, -0.05) is 25.4 Å². The van der Waals surface area contributed by atoms with Crippen LogP contribution >= 0.6 is 11.6 Å². The Morgan fingerprint density at radius 3 is 2.81 bits per heavy atom. The zero-order valence-corrected chi connectivity index (χ0v) is 10.2. The second-order valence-electron chi connectivity index (χ2n) is 3.91. The van der Waals surface area contributed by atoms with E-state index in [-0.39, 0.29) is 17.7 Å². The minimum Gasteiger partial charge on any atom is -0.330 e. The molecule has 0 saturated heterocycles. The average molecular weight is 242 g/mol. The molecule has 1 rings (SSSR count).